The monoisotopic (exact) mass is 138 g/mol. The van der Waals surface area contributed by atoms with Crippen molar-refractivity contribution in [3.63, 3.8) is 0 Å². The summed E-state index contributed by atoms with van der Waals surface area (Å²) in [7, 11) is 0. The van der Waals surface area contributed by atoms with Crippen LogP contribution in [0.1, 0.15) is 11.4 Å². The predicted octanol–water partition coefficient (Wildman–Crippen LogP) is -0.165. The molecule has 0 fully saturated rings. The highest BCUT2D eigenvalue weighted by molar-refractivity contribution is 5.44. The first-order valence-corrected chi connectivity index (χ1v) is 2.94. The normalized spacial score (nSPS) is 10.9. The van der Waals surface area contributed by atoms with Crippen molar-refractivity contribution in [2.45, 2.75) is 6.92 Å². The highest BCUT2D eigenvalue weighted by Crippen LogP contribution is 2.00. The number of nitrogens with two attached hydrogens (primary N) is 2. The molecule has 0 amide bonds. The number of aryl methyl sites for hydroxylation is 1. The van der Waals surface area contributed by atoms with E-state index in [0.717, 1.165) is 11.4 Å². The van der Waals surface area contributed by atoms with Crippen LogP contribution in [0.25, 0.3) is 6.08 Å². The van der Waals surface area contributed by atoms with Gasteiger partial charge < -0.3 is 11.6 Å². The Morgan fingerprint density at radius 3 is 2.80 bits per heavy atom. The summed E-state index contributed by atoms with van der Waals surface area (Å²) in [5.41, 5.74) is 6.85. The maximum atomic E-state index is 5.43. The second kappa shape index (κ2) is 2.43. The van der Waals surface area contributed by atoms with E-state index in [1.165, 1.54) is 11.0 Å². The lowest BCUT2D eigenvalue weighted by Gasteiger charge is -1.90. The van der Waals surface area contributed by atoms with Crippen molar-refractivity contribution in [3.8, 4) is 0 Å². The molecule has 0 aliphatic heterocycles. The first-order chi connectivity index (χ1) is 4.74. The van der Waals surface area contributed by atoms with E-state index in [1.807, 2.05) is 13.0 Å². The van der Waals surface area contributed by atoms with Gasteiger partial charge >= 0.3 is 0 Å². The molecule has 0 aromatic carbocycles. The second-order valence-electron chi connectivity index (χ2n) is 2.01. The number of rotatable bonds is 1. The molecule has 0 unspecified atom stereocenters. The minimum absolute atomic E-state index is 0.806. The largest absolute Gasteiger partial charge is 0.405 e. The lowest BCUT2D eigenvalue weighted by atomic mass is 10.4. The molecule has 1 aromatic heterocycles. The van der Waals surface area contributed by atoms with Crippen molar-refractivity contribution in [1.82, 2.24) is 9.89 Å². The van der Waals surface area contributed by atoms with Gasteiger partial charge in [-0.3, -0.25) is 0 Å². The van der Waals surface area contributed by atoms with Crippen molar-refractivity contribution < 1.29 is 0 Å². The van der Waals surface area contributed by atoms with Crippen LogP contribution in [0.15, 0.2) is 12.3 Å². The van der Waals surface area contributed by atoms with E-state index in [1.54, 1.807) is 6.08 Å². The molecule has 0 saturated heterocycles. The summed E-state index contributed by atoms with van der Waals surface area (Å²) in [6, 6.07) is 1.85. The van der Waals surface area contributed by atoms with Crippen molar-refractivity contribution in [2.24, 2.45) is 5.73 Å². The fourth-order valence-corrected chi connectivity index (χ4v) is 0.760. The number of aromatic nitrogens is 2. The van der Waals surface area contributed by atoms with E-state index in [-0.39, 0.29) is 0 Å². The third kappa shape index (κ3) is 1.10. The van der Waals surface area contributed by atoms with Gasteiger partial charge in [0.1, 0.15) is 0 Å². The van der Waals surface area contributed by atoms with Crippen LogP contribution in [0.2, 0.25) is 0 Å². The van der Waals surface area contributed by atoms with Gasteiger partial charge in [0.15, 0.2) is 0 Å². The fourth-order valence-electron chi connectivity index (χ4n) is 0.760. The molecule has 0 aliphatic carbocycles. The topological polar surface area (TPSA) is 69.9 Å². The minimum atomic E-state index is 0.806. The van der Waals surface area contributed by atoms with Gasteiger partial charge in [0.2, 0.25) is 0 Å². The van der Waals surface area contributed by atoms with E-state index in [9.17, 15) is 0 Å². The zero-order valence-electron chi connectivity index (χ0n) is 5.78. The van der Waals surface area contributed by atoms with Gasteiger partial charge in [-0.15, -0.1) is 0 Å². The lowest BCUT2D eigenvalue weighted by molar-refractivity contribution is 0.809. The zero-order valence-corrected chi connectivity index (χ0v) is 5.78. The first-order valence-electron chi connectivity index (χ1n) is 2.94. The van der Waals surface area contributed by atoms with Gasteiger partial charge in [-0.2, -0.15) is 9.89 Å². The molecule has 0 radical (unpaired) electrons. The zero-order chi connectivity index (χ0) is 7.56. The van der Waals surface area contributed by atoms with Gasteiger partial charge in [0, 0.05) is 0 Å². The summed E-state index contributed by atoms with van der Waals surface area (Å²) in [4.78, 5) is 1.29. The van der Waals surface area contributed by atoms with Gasteiger partial charge in [0.25, 0.3) is 0 Å². The average Bonchev–Trinajstić information content (AvgIpc) is 2.13. The molecule has 1 aromatic rings. The van der Waals surface area contributed by atoms with E-state index in [2.05, 4.69) is 5.10 Å². The maximum absolute atomic E-state index is 5.43. The van der Waals surface area contributed by atoms with Crippen molar-refractivity contribution in [2.75, 3.05) is 5.84 Å². The highest BCUT2D eigenvalue weighted by atomic mass is 15.5. The molecule has 0 atom stereocenters. The van der Waals surface area contributed by atoms with Crippen LogP contribution >= 0.6 is 0 Å². The van der Waals surface area contributed by atoms with Crippen molar-refractivity contribution >= 4 is 6.08 Å². The fraction of sp³-hybridized carbons (Fsp3) is 0.167. The molecular formula is C6H10N4. The Balaban J connectivity index is 3.03. The number of hydrogen-bond donors (Lipinski definition) is 2. The summed E-state index contributed by atoms with van der Waals surface area (Å²) in [6.45, 7) is 1.87. The molecule has 0 saturated carbocycles. The average molecular weight is 138 g/mol. The number of nitrogen functional groups attached to an aromatic ring is 1. The number of nitrogens with zero attached hydrogens (tertiary/aromatic N) is 2. The maximum Gasteiger partial charge on any atom is 0.0860 e. The minimum Gasteiger partial charge on any atom is -0.405 e. The van der Waals surface area contributed by atoms with Gasteiger partial charge in [-0.1, -0.05) is 0 Å². The molecule has 4 heteroatoms. The molecule has 1 rings (SSSR count). The second-order valence-corrected chi connectivity index (χ2v) is 2.01. The molecule has 0 spiro atoms. The summed E-state index contributed by atoms with van der Waals surface area (Å²) in [5, 5.41) is 3.92. The summed E-state index contributed by atoms with van der Waals surface area (Å²) < 4.78 is 0. The Kier molecular flexibility index (Phi) is 1.62. The van der Waals surface area contributed by atoms with Crippen molar-refractivity contribution in [3.05, 3.63) is 23.7 Å². The molecule has 0 aliphatic rings. The third-order valence-corrected chi connectivity index (χ3v) is 1.15. The molecule has 10 heavy (non-hydrogen) atoms. The van der Waals surface area contributed by atoms with Crippen molar-refractivity contribution in [1.29, 1.82) is 0 Å². The Labute approximate surface area is 59.1 Å². The molecule has 1 heterocycles. The molecule has 4 N–H and O–H groups in total. The molecule has 4 nitrogen and oxygen atoms in total. The highest BCUT2D eigenvalue weighted by Gasteiger charge is 1.95. The van der Waals surface area contributed by atoms with Crippen LogP contribution in [0, 0.1) is 6.92 Å². The predicted molar refractivity (Wildman–Crippen MR) is 40.3 cm³/mol. The van der Waals surface area contributed by atoms with E-state index >= 15 is 0 Å². The SMILES string of the molecule is Cc1cc(/C=C\N)n(N)n1. The smallest absolute Gasteiger partial charge is 0.0860 e. The molecular weight excluding hydrogens is 128 g/mol. The third-order valence-electron chi connectivity index (χ3n) is 1.15. The van der Waals surface area contributed by atoms with Gasteiger partial charge in [-0.05, 0) is 25.3 Å². The van der Waals surface area contributed by atoms with E-state index in [4.69, 9.17) is 11.6 Å². The quantitative estimate of drug-likeness (QED) is 0.529. The summed E-state index contributed by atoms with van der Waals surface area (Å²) >= 11 is 0. The molecule has 0 bridgehead atoms. The van der Waals surface area contributed by atoms with Crippen LogP contribution in [0.5, 0.6) is 0 Å². The summed E-state index contributed by atoms with van der Waals surface area (Å²) in [5.74, 6) is 5.43. The van der Waals surface area contributed by atoms with Gasteiger partial charge in [0.05, 0.1) is 11.4 Å². The Hall–Kier alpha value is -1.45. The van der Waals surface area contributed by atoms with Crippen LogP contribution in [0.3, 0.4) is 0 Å². The summed E-state index contributed by atoms with van der Waals surface area (Å²) in [6.07, 6.45) is 3.12. The van der Waals surface area contributed by atoms with Crippen LogP contribution in [-0.4, -0.2) is 9.89 Å². The van der Waals surface area contributed by atoms with E-state index < -0.39 is 0 Å². The van der Waals surface area contributed by atoms with Crippen LogP contribution in [0.4, 0.5) is 0 Å². The Morgan fingerprint density at radius 1 is 1.70 bits per heavy atom. The Morgan fingerprint density at radius 2 is 2.40 bits per heavy atom. The Bertz CT molecular complexity index is 248. The van der Waals surface area contributed by atoms with E-state index in [0.29, 0.717) is 0 Å². The lowest BCUT2D eigenvalue weighted by Crippen LogP contribution is -2.11. The van der Waals surface area contributed by atoms with Crippen LogP contribution in [-0.2, 0) is 0 Å². The van der Waals surface area contributed by atoms with Gasteiger partial charge in [-0.25, -0.2) is 0 Å². The first kappa shape index (κ1) is 6.67. The molecule has 54 valence electrons. The van der Waals surface area contributed by atoms with Crippen LogP contribution < -0.4 is 11.6 Å². The standard InChI is InChI=1S/C6H10N4/c1-5-4-6(2-3-7)10(8)9-5/h2-4H,7-8H2,1H3/b3-2-. The number of hydrogen-bond acceptors (Lipinski definition) is 3.